The molecule has 0 aliphatic heterocycles. The summed E-state index contributed by atoms with van der Waals surface area (Å²) in [5, 5.41) is 3.54. The summed E-state index contributed by atoms with van der Waals surface area (Å²) < 4.78 is 23.4. The first-order valence-electron chi connectivity index (χ1n) is 6.85. The predicted octanol–water partition coefficient (Wildman–Crippen LogP) is 3.04. The van der Waals surface area contributed by atoms with E-state index >= 15 is 0 Å². The summed E-state index contributed by atoms with van der Waals surface area (Å²) in [7, 11) is -3.11. The summed E-state index contributed by atoms with van der Waals surface area (Å²) in [5.74, 6) is 0. The molecule has 1 unspecified atom stereocenters. The molecule has 1 atom stereocenters. The zero-order valence-corrected chi connectivity index (χ0v) is 15.1. The fourth-order valence-corrected chi connectivity index (χ4v) is 3.98. The summed E-state index contributed by atoms with van der Waals surface area (Å²) in [5.41, 5.74) is 0.918. The zero-order chi connectivity index (χ0) is 15.7. The van der Waals surface area contributed by atoms with Gasteiger partial charge in [0.15, 0.2) is 9.84 Å². The Labute approximate surface area is 126 Å². The Morgan fingerprint density at radius 1 is 1.25 bits per heavy atom. The van der Waals surface area contributed by atoms with Crippen molar-refractivity contribution in [3.8, 4) is 0 Å². The Morgan fingerprint density at radius 2 is 1.80 bits per heavy atom. The molecule has 0 saturated heterocycles. The molecule has 0 bridgehead atoms. The molecule has 0 aromatic carbocycles. The largest absolute Gasteiger partial charge is 0.310 e. The molecule has 0 aliphatic carbocycles. The first-order valence-corrected chi connectivity index (χ1v) is 9.62. The van der Waals surface area contributed by atoms with E-state index in [2.05, 4.69) is 44.9 Å². The van der Waals surface area contributed by atoms with Crippen LogP contribution in [0.1, 0.15) is 62.4 Å². The SMILES string of the molecule is CC(C)NCc1sc(C(C)S(C)(=O)=O)nc1C(C)(C)C. The summed E-state index contributed by atoms with van der Waals surface area (Å²) in [6, 6.07) is 0.390. The van der Waals surface area contributed by atoms with E-state index in [4.69, 9.17) is 0 Å². The average Bonchev–Trinajstić information content (AvgIpc) is 2.67. The van der Waals surface area contributed by atoms with Gasteiger partial charge in [-0.1, -0.05) is 34.6 Å². The van der Waals surface area contributed by atoms with Crippen LogP contribution in [-0.2, 0) is 21.8 Å². The predicted molar refractivity (Wildman–Crippen MR) is 86.0 cm³/mol. The van der Waals surface area contributed by atoms with E-state index in [1.165, 1.54) is 17.6 Å². The first-order chi connectivity index (χ1) is 8.93. The lowest BCUT2D eigenvalue weighted by Gasteiger charge is -2.18. The number of nitrogens with zero attached hydrogens (tertiary/aromatic N) is 1. The van der Waals surface area contributed by atoms with Crippen LogP contribution in [0.2, 0.25) is 0 Å². The van der Waals surface area contributed by atoms with Crippen molar-refractivity contribution < 1.29 is 8.42 Å². The molecule has 116 valence electrons. The minimum Gasteiger partial charge on any atom is -0.310 e. The summed E-state index contributed by atoms with van der Waals surface area (Å²) in [4.78, 5) is 5.76. The fraction of sp³-hybridized carbons (Fsp3) is 0.786. The smallest absolute Gasteiger partial charge is 0.156 e. The molecule has 1 aromatic heterocycles. The molecular formula is C14H26N2O2S2. The Hall–Kier alpha value is -0.460. The van der Waals surface area contributed by atoms with Gasteiger partial charge in [0.25, 0.3) is 0 Å². The molecule has 20 heavy (non-hydrogen) atoms. The second kappa shape index (κ2) is 6.12. The van der Waals surface area contributed by atoms with Crippen molar-refractivity contribution >= 4 is 21.2 Å². The Balaban J connectivity index is 3.19. The number of aromatic nitrogens is 1. The topological polar surface area (TPSA) is 59.1 Å². The van der Waals surface area contributed by atoms with E-state index in [1.54, 1.807) is 6.92 Å². The maximum absolute atomic E-state index is 11.7. The molecule has 4 nitrogen and oxygen atoms in total. The highest BCUT2D eigenvalue weighted by Gasteiger charge is 2.28. The molecule has 0 saturated carbocycles. The van der Waals surface area contributed by atoms with E-state index < -0.39 is 15.1 Å². The van der Waals surface area contributed by atoms with Gasteiger partial charge in [-0.15, -0.1) is 11.3 Å². The number of nitrogens with one attached hydrogen (secondary N) is 1. The minimum absolute atomic E-state index is 0.0834. The van der Waals surface area contributed by atoms with Crippen molar-refractivity contribution in [1.29, 1.82) is 0 Å². The van der Waals surface area contributed by atoms with Crippen molar-refractivity contribution in [3.05, 3.63) is 15.6 Å². The first kappa shape index (κ1) is 17.6. The molecule has 0 radical (unpaired) electrons. The standard InChI is InChI=1S/C14H26N2O2S2/c1-9(2)15-8-11-12(14(4,5)6)16-13(19-11)10(3)20(7,17)18/h9-10,15H,8H2,1-7H3. The van der Waals surface area contributed by atoms with Crippen molar-refractivity contribution in [2.75, 3.05) is 6.26 Å². The zero-order valence-electron chi connectivity index (χ0n) is 13.4. The lowest BCUT2D eigenvalue weighted by Crippen LogP contribution is -2.23. The quantitative estimate of drug-likeness (QED) is 0.906. The molecule has 0 amide bonds. The van der Waals surface area contributed by atoms with E-state index in [1.807, 2.05) is 0 Å². The molecule has 1 rings (SSSR count). The molecular weight excluding hydrogens is 292 g/mol. The lowest BCUT2D eigenvalue weighted by atomic mass is 9.91. The Bertz CT molecular complexity index is 554. The normalized spacial score (nSPS) is 14.8. The highest BCUT2D eigenvalue weighted by molar-refractivity contribution is 7.91. The van der Waals surface area contributed by atoms with Gasteiger partial charge in [0.2, 0.25) is 0 Å². The van der Waals surface area contributed by atoms with Gasteiger partial charge in [0.05, 0.1) is 5.69 Å². The van der Waals surface area contributed by atoms with Crippen LogP contribution in [0.3, 0.4) is 0 Å². The lowest BCUT2D eigenvalue weighted by molar-refractivity contribution is 0.544. The molecule has 0 aliphatic rings. The fourth-order valence-electron chi connectivity index (χ4n) is 1.73. The van der Waals surface area contributed by atoms with Gasteiger partial charge in [-0.2, -0.15) is 0 Å². The molecule has 6 heteroatoms. The van der Waals surface area contributed by atoms with Crippen LogP contribution in [0.25, 0.3) is 0 Å². The van der Waals surface area contributed by atoms with E-state index in [9.17, 15) is 8.42 Å². The average molecular weight is 319 g/mol. The van der Waals surface area contributed by atoms with Crippen LogP contribution in [0.5, 0.6) is 0 Å². The third-order valence-electron chi connectivity index (χ3n) is 3.09. The second-order valence-corrected chi connectivity index (χ2v) is 10.1. The summed E-state index contributed by atoms with van der Waals surface area (Å²) in [6.07, 6.45) is 1.27. The van der Waals surface area contributed by atoms with Gasteiger partial charge in [-0.25, -0.2) is 13.4 Å². The number of thiazole rings is 1. The summed E-state index contributed by atoms with van der Waals surface area (Å²) in [6.45, 7) is 13.0. The van der Waals surface area contributed by atoms with E-state index in [0.29, 0.717) is 11.0 Å². The van der Waals surface area contributed by atoms with E-state index in [-0.39, 0.29) is 5.41 Å². The molecule has 1 heterocycles. The maximum atomic E-state index is 11.7. The minimum atomic E-state index is -3.11. The van der Waals surface area contributed by atoms with Gasteiger partial charge in [0, 0.05) is 29.1 Å². The molecule has 0 spiro atoms. The van der Waals surface area contributed by atoms with Crippen molar-refractivity contribution in [2.24, 2.45) is 0 Å². The van der Waals surface area contributed by atoms with Crippen molar-refractivity contribution in [1.82, 2.24) is 10.3 Å². The van der Waals surface area contributed by atoms with Crippen LogP contribution in [0.4, 0.5) is 0 Å². The van der Waals surface area contributed by atoms with Crippen LogP contribution in [-0.4, -0.2) is 25.7 Å². The van der Waals surface area contributed by atoms with Crippen LogP contribution < -0.4 is 5.32 Å². The third-order valence-corrected chi connectivity index (χ3v) is 5.98. The van der Waals surface area contributed by atoms with Gasteiger partial charge < -0.3 is 5.32 Å². The van der Waals surface area contributed by atoms with Crippen LogP contribution in [0.15, 0.2) is 0 Å². The number of hydrogen-bond acceptors (Lipinski definition) is 5. The molecule has 0 fully saturated rings. The number of sulfone groups is 1. The maximum Gasteiger partial charge on any atom is 0.156 e. The monoisotopic (exact) mass is 318 g/mol. The van der Waals surface area contributed by atoms with E-state index in [0.717, 1.165) is 17.1 Å². The van der Waals surface area contributed by atoms with Crippen molar-refractivity contribution in [2.45, 2.75) is 64.8 Å². The summed E-state index contributed by atoms with van der Waals surface area (Å²) >= 11 is 1.51. The van der Waals surface area contributed by atoms with Gasteiger partial charge in [0.1, 0.15) is 10.3 Å². The van der Waals surface area contributed by atoms with Gasteiger partial charge in [-0.3, -0.25) is 0 Å². The third kappa shape index (κ3) is 4.53. The van der Waals surface area contributed by atoms with Crippen molar-refractivity contribution in [3.63, 3.8) is 0 Å². The number of rotatable bonds is 5. The van der Waals surface area contributed by atoms with Crippen LogP contribution in [0, 0.1) is 0 Å². The highest BCUT2D eigenvalue weighted by atomic mass is 32.2. The molecule has 1 N–H and O–H groups in total. The molecule has 1 aromatic rings. The second-order valence-electron chi connectivity index (χ2n) is 6.58. The Morgan fingerprint density at radius 3 is 2.20 bits per heavy atom. The Kier molecular flexibility index (Phi) is 5.38. The van der Waals surface area contributed by atoms with Gasteiger partial charge >= 0.3 is 0 Å². The highest BCUT2D eigenvalue weighted by Crippen LogP contribution is 2.34. The van der Waals surface area contributed by atoms with Crippen LogP contribution >= 0.6 is 11.3 Å². The number of hydrogen-bond donors (Lipinski definition) is 1. The van der Waals surface area contributed by atoms with Gasteiger partial charge in [-0.05, 0) is 6.92 Å².